The van der Waals surface area contributed by atoms with Crippen molar-refractivity contribution in [3.05, 3.63) is 30.3 Å². The van der Waals surface area contributed by atoms with Crippen molar-refractivity contribution in [1.29, 1.82) is 0 Å². The van der Waals surface area contributed by atoms with E-state index in [1.165, 1.54) is 31.7 Å². The van der Waals surface area contributed by atoms with Gasteiger partial charge in [0.05, 0.1) is 0 Å². The maximum atomic E-state index is 3.52. The van der Waals surface area contributed by atoms with Gasteiger partial charge in [0.2, 0.25) is 0 Å². The first-order valence-electron chi connectivity index (χ1n) is 8.02. The van der Waals surface area contributed by atoms with E-state index in [9.17, 15) is 0 Å². The lowest BCUT2D eigenvalue weighted by Gasteiger charge is -2.37. The van der Waals surface area contributed by atoms with Crippen molar-refractivity contribution >= 4 is 5.69 Å². The smallest absolute Gasteiger partial charge is 0.0367 e. The normalized spacial score (nSPS) is 18.2. The highest BCUT2D eigenvalue weighted by atomic mass is 15.3. The van der Waals surface area contributed by atoms with Crippen LogP contribution in [-0.2, 0) is 0 Å². The summed E-state index contributed by atoms with van der Waals surface area (Å²) in [6, 6.07) is 10.8. The van der Waals surface area contributed by atoms with Gasteiger partial charge in [-0.25, -0.2) is 0 Å². The van der Waals surface area contributed by atoms with E-state index in [1.807, 2.05) is 0 Å². The third kappa shape index (κ3) is 4.80. The first kappa shape index (κ1) is 15.3. The number of para-hydroxylation sites is 1. The Hall–Kier alpha value is -1.06. The SMILES string of the molecule is CCCNCC(C)CN1CCN(c2ccccc2)CC1. The van der Waals surface area contributed by atoms with Crippen LogP contribution in [0.3, 0.4) is 0 Å². The van der Waals surface area contributed by atoms with Crippen molar-refractivity contribution in [1.82, 2.24) is 10.2 Å². The summed E-state index contributed by atoms with van der Waals surface area (Å²) in [5.41, 5.74) is 1.37. The molecule has 1 aliphatic heterocycles. The lowest BCUT2D eigenvalue weighted by atomic mass is 10.1. The summed E-state index contributed by atoms with van der Waals surface area (Å²) >= 11 is 0. The van der Waals surface area contributed by atoms with Crippen molar-refractivity contribution in [2.45, 2.75) is 20.3 Å². The average molecular weight is 275 g/mol. The van der Waals surface area contributed by atoms with Crippen LogP contribution in [0.5, 0.6) is 0 Å². The van der Waals surface area contributed by atoms with E-state index in [1.54, 1.807) is 0 Å². The van der Waals surface area contributed by atoms with E-state index in [4.69, 9.17) is 0 Å². The third-order valence-electron chi connectivity index (χ3n) is 3.98. The molecule has 1 unspecified atom stereocenters. The molecule has 0 amide bonds. The van der Waals surface area contributed by atoms with Gasteiger partial charge in [0.1, 0.15) is 0 Å². The lowest BCUT2D eigenvalue weighted by molar-refractivity contribution is 0.222. The molecule has 0 aromatic heterocycles. The highest BCUT2D eigenvalue weighted by Gasteiger charge is 2.18. The fourth-order valence-electron chi connectivity index (χ4n) is 2.86. The summed E-state index contributed by atoms with van der Waals surface area (Å²) in [5.74, 6) is 0.741. The van der Waals surface area contributed by atoms with E-state index in [0.717, 1.165) is 32.1 Å². The van der Waals surface area contributed by atoms with E-state index in [2.05, 4.69) is 59.3 Å². The van der Waals surface area contributed by atoms with Crippen LogP contribution in [0, 0.1) is 5.92 Å². The Morgan fingerprint density at radius 3 is 2.45 bits per heavy atom. The fraction of sp³-hybridized carbons (Fsp3) is 0.647. The molecule has 1 aliphatic rings. The highest BCUT2D eigenvalue weighted by Crippen LogP contribution is 2.15. The Morgan fingerprint density at radius 2 is 1.80 bits per heavy atom. The van der Waals surface area contributed by atoms with Crippen molar-refractivity contribution in [2.75, 3.05) is 50.7 Å². The standard InChI is InChI=1S/C17H29N3/c1-3-9-18-14-16(2)15-19-10-12-20(13-11-19)17-7-5-4-6-8-17/h4-8,16,18H,3,9-15H2,1-2H3. The van der Waals surface area contributed by atoms with Crippen LogP contribution < -0.4 is 10.2 Å². The van der Waals surface area contributed by atoms with Crippen molar-refractivity contribution in [3.63, 3.8) is 0 Å². The van der Waals surface area contributed by atoms with E-state index in [0.29, 0.717) is 0 Å². The molecule has 1 N–H and O–H groups in total. The number of piperazine rings is 1. The van der Waals surface area contributed by atoms with Gasteiger partial charge in [-0.1, -0.05) is 32.0 Å². The van der Waals surface area contributed by atoms with Crippen molar-refractivity contribution in [3.8, 4) is 0 Å². The Morgan fingerprint density at radius 1 is 1.10 bits per heavy atom. The highest BCUT2D eigenvalue weighted by molar-refractivity contribution is 5.46. The number of hydrogen-bond acceptors (Lipinski definition) is 3. The minimum atomic E-state index is 0.741. The molecule has 0 bridgehead atoms. The minimum absolute atomic E-state index is 0.741. The molecule has 1 aromatic rings. The van der Waals surface area contributed by atoms with Crippen LogP contribution in [0.15, 0.2) is 30.3 Å². The Kier molecular flexibility index (Phi) is 6.34. The average Bonchev–Trinajstić information content (AvgIpc) is 2.49. The number of nitrogens with one attached hydrogen (secondary N) is 1. The van der Waals surface area contributed by atoms with Gasteiger partial charge in [0.15, 0.2) is 0 Å². The second-order valence-electron chi connectivity index (χ2n) is 5.93. The molecule has 20 heavy (non-hydrogen) atoms. The van der Waals surface area contributed by atoms with E-state index in [-0.39, 0.29) is 0 Å². The lowest BCUT2D eigenvalue weighted by Crippen LogP contribution is -2.48. The molecule has 3 nitrogen and oxygen atoms in total. The zero-order chi connectivity index (χ0) is 14.2. The van der Waals surface area contributed by atoms with Crippen LogP contribution in [0.4, 0.5) is 5.69 Å². The molecule has 1 atom stereocenters. The monoisotopic (exact) mass is 275 g/mol. The van der Waals surface area contributed by atoms with Crippen molar-refractivity contribution < 1.29 is 0 Å². The largest absolute Gasteiger partial charge is 0.369 e. The first-order valence-corrected chi connectivity index (χ1v) is 8.02. The maximum absolute atomic E-state index is 3.52. The second kappa shape index (κ2) is 8.28. The molecular weight excluding hydrogens is 246 g/mol. The molecule has 1 heterocycles. The van der Waals surface area contributed by atoms with Gasteiger partial charge in [-0.3, -0.25) is 4.90 Å². The molecule has 0 radical (unpaired) electrons. The predicted molar refractivity (Wildman–Crippen MR) is 87.4 cm³/mol. The quantitative estimate of drug-likeness (QED) is 0.771. The zero-order valence-electron chi connectivity index (χ0n) is 13.0. The topological polar surface area (TPSA) is 18.5 Å². The number of hydrogen-bond donors (Lipinski definition) is 1. The summed E-state index contributed by atoms with van der Waals surface area (Å²) in [6.45, 7) is 12.8. The minimum Gasteiger partial charge on any atom is -0.369 e. The summed E-state index contributed by atoms with van der Waals surface area (Å²) in [6.07, 6.45) is 1.22. The fourth-order valence-corrected chi connectivity index (χ4v) is 2.86. The molecule has 1 fully saturated rings. The van der Waals surface area contributed by atoms with Crippen LogP contribution in [0.2, 0.25) is 0 Å². The molecule has 0 aliphatic carbocycles. The van der Waals surface area contributed by atoms with Crippen LogP contribution in [0.25, 0.3) is 0 Å². The molecule has 112 valence electrons. The van der Waals surface area contributed by atoms with Gasteiger partial charge in [-0.05, 0) is 37.6 Å². The molecule has 2 rings (SSSR count). The van der Waals surface area contributed by atoms with Crippen molar-refractivity contribution in [2.24, 2.45) is 5.92 Å². The number of anilines is 1. The van der Waals surface area contributed by atoms with Gasteiger partial charge >= 0.3 is 0 Å². The van der Waals surface area contributed by atoms with E-state index < -0.39 is 0 Å². The molecule has 0 spiro atoms. The van der Waals surface area contributed by atoms with Gasteiger partial charge in [-0.2, -0.15) is 0 Å². The van der Waals surface area contributed by atoms with Gasteiger partial charge in [0.25, 0.3) is 0 Å². The number of rotatable bonds is 7. The predicted octanol–water partition coefficient (Wildman–Crippen LogP) is 2.44. The second-order valence-corrected chi connectivity index (χ2v) is 5.93. The number of nitrogens with zero attached hydrogens (tertiary/aromatic N) is 2. The van der Waals surface area contributed by atoms with Crippen LogP contribution in [0.1, 0.15) is 20.3 Å². The summed E-state index contributed by atoms with van der Waals surface area (Å²) < 4.78 is 0. The molecule has 0 saturated carbocycles. The maximum Gasteiger partial charge on any atom is 0.0367 e. The molecule has 1 aromatic carbocycles. The Bertz CT molecular complexity index is 358. The summed E-state index contributed by atoms with van der Waals surface area (Å²) in [5, 5.41) is 3.52. The molecule has 1 saturated heterocycles. The first-order chi connectivity index (χ1) is 9.79. The summed E-state index contributed by atoms with van der Waals surface area (Å²) in [7, 11) is 0. The van der Waals surface area contributed by atoms with Crippen LogP contribution >= 0.6 is 0 Å². The van der Waals surface area contributed by atoms with Gasteiger partial charge in [0, 0.05) is 38.4 Å². The Balaban J connectivity index is 1.69. The van der Waals surface area contributed by atoms with E-state index >= 15 is 0 Å². The van der Waals surface area contributed by atoms with Crippen LogP contribution in [-0.4, -0.2) is 50.7 Å². The summed E-state index contributed by atoms with van der Waals surface area (Å²) in [4.78, 5) is 5.11. The number of benzene rings is 1. The molecule has 3 heteroatoms. The molecular formula is C17H29N3. The Labute approximate surface area is 124 Å². The van der Waals surface area contributed by atoms with Gasteiger partial charge in [-0.15, -0.1) is 0 Å². The van der Waals surface area contributed by atoms with Gasteiger partial charge < -0.3 is 10.2 Å². The zero-order valence-corrected chi connectivity index (χ0v) is 13.0. The third-order valence-corrected chi connectivity index (χ3v) is 3.98.